The molecule has 2 aromatic heterocycles. The molecule has 2 heterocycles. The van der Waals surface area contributed by atoms with Crippen LogP contribution < -0.4 is 5.73 Å². The SMILES string of the molecule is Nc1c2c(-c3ccccc3)csc2nc(=S)n1C(=O)c1ccccc1. The van der Waals surface area contributed by atoms with Crippen LogP contribution in [0.25, 0.3) is 21.3 Å². The number of fused-ring (bicyclic) bond motifs is 1. The molecule has 2 aromatic carbocycles. The van der Waals surface area contributed by atoms with Gasteiger partial charge in [0.25, 0.3) is 5.91 Å². The second-order valence-corrected chi connectivity index (χ2v) is 6.71. The van der Waals surface area contributed by atoms with E-state index in [1.54, 1.807) is 24.3 Å². The first-order chi connectivity index (χ1) is 12.2. The Morgan fingerprint density at radius 1 is 1.04 bits per heavy atom. The van der Waals surface area contributed by atoms with E-state index in [1.807, 2.05) is 41.8 Å². The zero-order valence-corrected chi connectivity index (χ0v) is 14.7. The molecule has 0 unspecified atom stereocenters. The van der Waals surface area contributed by atoms with E-state index in [4.69, 9.17) is 18.0 Å². The lowest BCUT2D eigenvalue weighted by Crippen LogP contribution is -2.18. The third-order valence-corrected chi connectivity index (χ3v) is 5.11. The molecule has 0 fully saturated rings. The number of rotatable bonds is 2. The molecule has 6 heteroatoms. The van der Waals surface area contributed by atoms with Gasteiger partial charge in [0.15, 0.2) is 0 Å². The summed E-state index contributed by atoms with van der Waals surface area (Å²) in [4.78, 5) is 18.0. The van der Waals surface area contributed by atoms with E-state index < -0.39 is 0 Å². The molecule has 2 N–H and O–H groups in total. The second kappa shape index (κ2) is 6.23. The Balaban J connectivity index is 1.98. The molecule has 0 radical (unpaired) electrons. The molecular formula is C19H13N3OS2. The van der Waals surface area contributed by atoms with Crippen LogP contribution in [0.15, 0.2) is 66.0 Å². The summed E-state index contributed by atoms with van der Waals surface area (Å²) in [5.41, 5.74) is 8.88. The summed E-state index contributed by atoms with van der Waals surface area (Å²) in [6, 6.07) is 18.8. The van der Waals surface area contributed by atoms with Crippen LogP contribution in [0.5, 0.6) is 0 Å². The van der Waals surface area contributed by atoms with E-state index in [1.165, 1.54) is 15.9 Å². The van der Waals surface area contributed by atoms with Crippen molar-refractivity contribution in [2.24, 2.45) is 0 Å². The van der Waals surface area contributed by atoms with Crippen LogP contribution in [0, 0.1) is 4.77 Å². The lowest BCUT2D eigenvalue weighted by Gasteiger charge is -2.11. The summed E-state index contributed by atoms with van der Waals surface area (Å²) in [6.45, 7) is 0. The first-order valence-electron chi connectivity index (χ1n) is 7.61. The Morgan fingerprint density at radius 2 is 1.68 bits per heavy atom. The minimum absolute atomic E-state index is 0.167. The summed E-state index contributed by atoms with van der Waals surface area (Å²) >= 11 is 6.80. The van der Waals surface area contributed by atoms with Gasteiger partial charge in [-0.1, -0.05) is 48.5 Å². The highest BCUT2D eigenvalue weighted by molar-refractivity contribution is 7.71. The van der Waals surface area contributed by atoms with Gasteiger partial charge in [-0.05, 0) is 29.9 Å². The number of hydrogen-bond acceptors (Lipinski definition) is 5. The molecule has 0 spiro atoms. The summed E-state index contributed by atoms with van der Waals surface area (Å²) in [5, 5.41) is 2.75. The lowest BCUT2D eigenvalue weighted by molar-refractivity contribution is 0.0959. The van der Waals surface area contributed by atoms with Crippen LogP contribution in [-0.2, 0) is 0 Å². The smallest absolute Gasteiger partial charge is 0.265 e. The molecule has 4 aromatic rings. The van der Waals surface area contributed by atoms with Gasteiger partial charge in [0.05, 0.1) is 5.39 Å². The van der Waals surface area contributed by atoms with Crippen LogP contribution in [0.1, 0.15) is 10.4 Å². The number of benzene rings is 2. The van der Waals surface area contributed by atoms with Crippen molar-refractivity contribution in [2.45, 2.75) is 0 Å². The maximum Gasteiger partial charge on any atom is 0.265 e. The lowest BCUT2D eigenvalue weighted by atomic mass is 10.1. The van der Waals surface area contributed by atoms with Crippen LogP contribution in [0.2, 0.25) is 0 Å². The summed E-state index contributed by atoms with van der Waals surface area (Å²) < 4.78 is 1.48. The van der Waals surface area contributed by atoms with Gasteiger partial charge in [-0.2, -0.15) is 0 Å². The molecule has 25 heavy (non-hydrogen) atoms. The van der Waals surface area contributed by atoms with Crippen molar-refractivity contribution < 1.29 is 4.79 Å². The first-order valence-corrected chi connectivity index (χ1v) is 8.90. The standard InChI is InChI=1S/C19H13N3OS2/c20-16-15-14(12-7-3-1-4-8-12)11-25-17(15)21-19(24)22(16)18(23)13-9-5-2-6-10-13/h1-11H,20H2. The van der Waals surface area contributed by atoms with Crippen molar-refractivity contribution in [3.63, 3.8) is 0 Å². The molecule has 0 saturated carbocycles. The van der Waals surface area contributed by atoms with Gasteiger partial charge in [0.2, 0.25) is 4.77 Å². The molecule has 4 nitrogen and oxygen atoms in total. The fourth-order valence-corrected chi connectivity index (χ4v) is 4.05. The van der Waals surface area contributed by atoms with E-state index in [0.717, 1.165) is 21.3 Å². The van der Waals surface area contributed by atoms with Gasteiger partial charge in [-0.15, -0.1) is 11.3 Å². The molecule has 0 bridgehead atoms. The number of carbonyl (C=O) groups excluding carboxylic acids is 1. The summed E-state index contributed by atoms with van der Waals surface area (Å²) in [6.07, 6.45) is 0. The van der Waals surface area contributed by atoms with Crippen molar-refractivity contribution in [3.05, 3.63) is 76.4 Å². The molecule has 0 aliphatic carbocycles. The second-order valence-electron chi connectivity index (χ2n) is 5.48. The number of nitrogen functional groups attached to an aromatic ring is 1. The van der Waals surface area contributed by atoms with Crippen molar-refractivity contribution in [1.82, 2.24) is 9.55 Å². The van der Waals surface area contributed by atoms with E-state index in [2.05, 4.69) is 4.98 Å². The third-order valence-electron chi connectivity index (χ3n) is 3.97. The Labute approximate surface area is 153 Å². The molecular weight excluding hydrogens is 350 g/mol. The van der Waals surface area contributed by atoms with Gasteiger partial charge in [-0.3, -0.25) is 4.79 Å². The molecule has 0 amide bonds. The number of thiophene rings is 1. The molecule has 0 atom stereocenters. The number of aromatic nitrogens is 2. The highest BCUT2D eigenvalue weighted by Gasteiger charge is 2.18. The van der Waals surface area contributed by atoms with Gasteiger partial charge < -0.3 is 5.73 Å². The summed E-state index contributed by atoms with van der Waals surface area (Å²) in [5.74, 6) is 0.0478. The fourth-order valence-electron chi connectivity index (χ4n) is 2.77. The Kier molecular flexibility index (Phi) is 3.91. The van der Waals surface area contributed by atoms with Gasteiger partial charge in [0.1, 0.15) is 10.6 Å². The zero-order chi connectivity index (χ0) is 17.4. The van der Waals surface area contributed by atoms with Gasteiger partial charge in [-0.25, -0.2) is 9.55 Å². The van der Waals surface area contributed by atoms with Gasteiger partial charge in [0, 0.05) is 16.5 Å². The quantitative estimate of drug-likeness (QED) is 0.521. The predicted octanol–water partition coefficient (Wildman–Crippen LogP) is 4.76. The van der Waals surface area contributed by atoms with Gasteiger partial charge >= 0.3 is 0 Å². The number of anilines is 1. The highest BCUT2D eigenvalue weighted by atomic mass is 32.1. The monoisotopic (exact) mass is 363 g/mol. The number of nitrogens with two attached hydrogens (primary N) is 1. The molecule has 4 rings (SSSR count). The first kappa shape index (κ1) is 15.7. The Hall–Kier alpha value is -2.83. The normalized spacial score (nSPS) is 10.9. The number of nitrogens with zero attached hydrogens (tertiary/aromatic N) is 2. The van der Waals surface area contributed by atoms with E-state index in [-0.39, 0.29) is 10.7 Å². The maximum atomic E-state index is 12.9. The molecule has 0 aliphatic heterocycles. The van der Waals surface area contributed by atoms with Crippen molar-refractivity contribution in [1.29, 1.82) is 0 Å². The average Bonchev–Trinajstić information content (AvgIpc) is 3.07. The van der Waals surface area contributed by atoms with Crippen LogP contribution in [-0.4, -0.2) is 15.5 Å². The van der Waals surface area contributed by atoms with Crippen LogP contribution in [0.4, 0.5) is 5.82 Å². The van der Waals surface area contributed by atoms with Crippen molar-refractivity contribution in [2.75, 3.05) is 5.73 Å². The minimum atomic E-state index is -0.275. The predicted molar refractivity (Wildman–Crippen MR) is 104 cm³/mol. The Bertz CT molecular complexity index is 1130. The van der Waals surface area contributed by atoms with Crippen molar-refractivity contribution in [3.8, 4) is 11.1 Å². The largest absolute Gasteiger partial charge is 0.384 e. The molecule has 122 valence electrons. The maximum absolute atomic E-state index is 12.9. The zero-order valence-electron chi connectivity index (χ0n) is 13.0. The molecule has 0 saturated heterocycles. The number of hydrogen-bond donors (Lipinski definition) is 1. The number of carbonyl (C=O) groups is 1. The van der Waals surface area contributed by atoms with E-state index in [0.29, 0.717) is 11.4 Å². The summed E-state index contributed by atoms with van der Waals surface area (Å²) in [7, 11) is 0. The van der Waals surface area contributed by atoms with Crippen LogP contribution >= 0.6 is 23.6 Å². The average molecular weight is 363 g/mol. The highest BCUT2D eigenvalue weighted by Crippen LogP contribution is 2.36. The van der Waals surface area contributed by atoms with E-state index in [9.17, 15) is 4.79 Å². The van der Waals surface area contributed by atoms with Crippen LogP contribution in [0.3, 0.4) is 0 Å². The molecule has 0 aliphatic rings. The third kappa shape index (κ3) is 2.65. The minimum Gasteiger partial charge on any atom is -0.384 e. The Morgan fingerprint density at radius 3 is 2.36 bits per heavy atom. The van der Waals surface area contributed by atoms with Crippen molar-refractivity contribution >= 4 is 45.5 Å². The van der Waals surface area contributed by atoms with E-state index >= 15 is 0 Å². The topological polar surface area (TPSA) is 60.9 Å². The fraction of sp³-hybridized carbons (Fsp3) is 0.